The van der Waals surface area contributed by atoms with Gasteiger partial charge in [0.05, 0.1) is 13.2 Å². The second kappa shape index (κ2) is 6.92. The first-order valence-corrected chi connectivity index (χ1v) is 7.26. The molecule has 1 aromatic rings. The van der Waals surface area contributed by atoms with E-state index in [1.54, 1.807) is 7.11 Å². The van der Waals surface area contributed by atoms with E-state index in [0.29, 0.717) is 12.6 Å². The molecule has 2 rings (SSSR count). The van der Waals surface area contributed by atoms with E-state index < -0.39 is 6.10 Å². The van der Waals surface area contributed by atoms with Crippen LogP contribution >= 0.6 is 0 Å². The van der Waals surface area contributed by atoms with Gasteiger partial charge in [-0.05, 0) is 43.4 Å². The molecule has 2 atom stereocenters. The average molecular weight is 263 g/mol. The van der Waals surface area contributed by atoms with Gasteiger partial charge in [0.1, 0.15) is 5.75 Å². The van der Waals surface area contributed by atoms with E-state index in [2.05, 4.69) is 12.2 Å². The highest BCUT2D eigenvalue weighted by molar-refractivity contribution is 5.28. The van der Waals surface area contributed by atoms with Crippen LogP contribution in [0.25, 0.3) is 0 Å². The summed E-state index contributed by atoms with van der Waals surface area (Å²) in [6.45, 7) is 2.85. The Morgan fingerprint density at radius 2 is 1.89 bits per heavy atom. The van der Waals surface area contributed by atoms with Gasteiger partial charge in [0, 0.05) is 12.6 Å². The predicted octanol–water partition coefficient (Wildman–Crippen LogP) is 2.90. The first kappa shape index (κ1) is 14.4. The largest absolute Gasteiger partial charge is 0.497 e. The Labute approximate surface area is 116 Å². The van der Waals surface area contributed by atoms with E-state index in [4.69, 9.17) is 4.74 Å². The molecule has 1 unspecified atom stereocenters. The molecule has 3 nitrogen and oxygen atoms in total. The van der Waals surface area contributed by atoms with Crippen LogP contribution in [0.1, 0.15) is 44.3 Å². The molecule has 2 N–H and O–H groups in total. The molecule has 1 aliphatic rings. The van der Waals surface area contributed by atoms with Gasteiger partial charge in [0.15, 0.2) is 0 Å². The summed E-state index contributed by atoms with van der Waals surface area (Å²) in [4.78, 5) is 0. The Hall–Kier alpha value is -1.06. The van der Waals surface area contributed by atoms with Crippen molar-refractivity contribution < 1.29 is 9.84 Å². The first-order chi connectivity index (χ1) is 9.20. The van der Waals surface area contributed by atoms with Crippen molar-refractivity contribution in [3.8, 4) is 5.75 Å². The van der Waals surface area contributed by atoms with Crippen LogP contribution in [0.3, 0.4) is 0 Å². The molecule has 0 spiro atoms. The van der Waals surface area contributed by atoms with E-state index in [1.807, 2.05) is 24.3 Å². The van der Waals surface area contributed by atoms with Gasteiger partial charge in [0.25, 0.3) is 0 Å². The second-order valence-electron chi connectivity index (χ2n) is 5.53. The molecule has 0 saturated heterocycles. The molecule has 3 heteroatoms. The predicted molar refractivity (Wildman–Crippen MR) is 77.4 cm³/mol. The maximum atomic E-state index is 10.2. The molecular weight excluding hydrogens is 238 g/mol. The van der Waals surface area contributed by atoms with Crippen molar-refractivity contribution in [1.82, 2.24) is 5.32 Å². The van der Waals surface area contributed by atoms with Crippen molar-refractivity contribution in [2.24, 2.45) is 5.92 Å². The highest BCUT2D eigenvalue weighted by Gasteiger charge is 2.21. The average Bonchev–Trinajstić information content (AvgIpc) is 2.98. The molecule has 19 heavy (non-hydrogen) atoms. The molecule has 106 valence electrons. The van der Waals surface area contributed by atoms with Crippen LogP contribution in [0, 0.1) is 5.92 Å². The van der Waals surface area contributed by atoms with Crippen LogP contribution in [-0.2, 0) is 0 Å². The van der Waals surface area contributed by atoms with E-state index >= 15 is 0 Å². The molecule has 1 saturated carbocycles. The fraction of sp³-hybridized carbons (Fsp3) is 0.625. The van der Waals surface area contributed by atoms with Crippen molar-refractivity contribution in [3.05, 3.63) is 29.8 Å². The van der Waals surface area contributed by atoms with E-state index in [-0.39, 0.29) is 0 Å². The molecule has 1 aromatic carbocycles. The maximum absolute atomic E-state index is 10.2. The van der Waals surface area contributed by atoms with Gasteiger partial charge in [-0.15, -0.1) is 0 Å². The number of aliphatic hydroxyl groups excluding tert-OH is 1. The molecule has 1 aliphatic carbocycles. The molecule has 0 bridgehead atoms. The van der Waals surface area contributed by atoms with Crippen LogP contribution in [-0.4, -0.2) is 24.8 Å². The minimum absolute atomic E-state index is 0.449. The number of benzene rings is 1. The molecule has 1 fully saturated rings. The van der Waals surface area contributed by atoms with Gasteiger partial charge in [-0.25, -0.2) is 0 Å². The summed E-state index contributed by atoms with van der Waals surface area (Å²) >= 11 is 0. The number of ether oxygens (including phenoxy) is 1. The number of methoxy groups -OCH3 is 1. The zero-order valence-corrected chi connectivity index (χ0v) is 11.9. The van der Waals surface area contributed by atoms with Gasteiger partial charge in [-0.1, -0.05) is 25.0 Å². The van der Waals surface area contributed by atoms with Crippen LogP contribution < -0.4 is 10.1 Å². The third-order valence-electron chi connectivity index (χ3n) is 4.24. The molecule has 0 aliphatic heterocycles. The summed E-state index contributed by atoms with van der Waals surface area (Å²) in [6.07, 6.45) is 4.92. The summed E-state index contributed by atoms with van der Waals surface area (Å²) < 4.78 is 5.12. The van der Waals surface area contributed by atoms with Crippen molar-refractivity contribution in [3.63, 3.8) is 0 Å². The third kappa shape index (κ3) is 3.95. The number of hydrogen-bond acceptors (Lipinski definition) is 3. The quantitative estimate of drug-likeness (QED) is 0.829. The van der Waals surface area contributed by atoms with Crippen LogP contribution in [0.4, 0.5) is 0 Å². The molecule has 0 aromatic heterocycles. The summed E-state index contributed by atoms with van der Waals surface area (Å²) in [6, 6.07) is 8.12. The SMILES string of the molecule is COc1ccc(C(O)CN[C@@H](C)C2CCCC2)cc1. The lowest BCUT2D eigenvalue weighted by Gasteiger charge is -2.22. The Morgan fingerprint density at radius 3 is 2.47 bits per heavy atom. The van der Waals surface area contributed by atoms with Crippen molar-refractivity contribution >= 4 is 0 Å². The van der Waals surface area contributed by atoms with Gasteiger partial charge >= 0.3 is 0 Å². The molecule has 0 heterocycles. The summed E-state index contributed by atoms with van der Waals surface area (Å²) in [5.74, 6) is 1.60. The lowest BCUT2D eigenvalue weighted by molar-refractivity contribution is 0.165. The van der Waals surface area contributed by atoms with Crippen LogP contribution in [0.2, 0.25) is 0 Å². The maximum Gasteiger partial charge on any atom is 0.118 e. The lowest BCUT2D eigenvalue weighted by Crippen LogP contribution is -2.35. The summed E-state index contributed by atoms with van der Waals surface area (Å²) in [5, 5.41) is 13.6. The van der Waals surface area contributed by atoms with Crippen molar-refractivity contribution in [1.29, 1.82) is 0 Å². The fourth-order valence-electron chi connectivity index (χ4n) is 2.87. The second-order valence-corrected chi connectivity index (χ2v) is 5.53. The topological polar surface area (TPSA) is 41.5 Å². The lowest BCUT2D eigenvalue weighted by atomic mass is 9.99. The number of aliphatic hydroxyl groups is 1. The van der Waals surface area contributed by atoms with Crippen LogP contribution in [0.15, 0.2) is 24.3 Å². The summed E-state index contributed by atoms with van der Waals surface area (Å²) in [7, 11) is 1.65. The van der Waals surface area contributed by atoms with Gasteiger partial charge in [-0.3, -0.25) is 0 Å². The number of hydrogen-bond donors (Lipinski definition) is 2. The Kier molecular flexibility index (Phi) is 5.23. The zero-order chi connectivity index (χ0) is 13.7. The van der Waals surface area contributed by atoms with E-state index in [9.17, 15) is 5.11 Å². The van der Waals surface area contributed by atoms with Crippen molar-refractivity contribution in [2.45, 2.75) is 44.8 Å². The van der Waals surface area contributed by atoms with Crippen LogP contribution in [0.5, 0.6) is 5.75 Å². The summed E-state index contributed by atoms with van der Waals surface area (Å²) in [5.41, 5.74) is 0.937. The highest BCUT2D eigenvalue weighted by atomic mass is 16.5. The van der Waals surface area contributed by atoms with E-state index in [1.165, 1.54) is 25.7 Å². The molecule has 0 radical (unpaired) electrons. The third-order valence-corrected chi connectivity index (χ3v) is 4.24. The number of nitrogens with one attached hydrogen (secondary N) is 1. The van der Waals surface area contributed by atoms with Gasteiger partial charge in [-0.2, -0.15) is 0 Å². The first-order valence-electron chi connectivity index (χ1n) is 7.26. The van der Waals surface area contributed by atoms with Gasteiger partial charge in [0.2, 0.25) is 0 Å². The number of rotatable bonds is 6. The zero-order valence-electron chi connectivity index (χ0n) is 11.9. The highest BCUT2D eigenvalue weighted by Crippen LogP contribution is 2.27. The van der Waals surface area contributed by atoms with E-state index in [0.717, 1.165) is 17.2 Å². The normalized spacial score (nSPS) is 19.3. The molecular formula is C16H25NO2. The smallest absolute Gasteiger partial charge is 0.118 e. The molecule has 0 amide bonds. The van der Waals surface area contributed by atoms with Crippen molar-refractivity contribution in [2.75, 3.05) is 13.7 Å². The fourth-order valence-corrected chi connectivity index (χ4v) is 2.87. The Morgan fingerprint density at radius 1 is 1.26 bits per heavy atom. The van der Waals surface area contributed by atoms with Gasteiger partial charge < -0.3 is 15.2 Å². The minimum Gasteiger partial charge on any atom is -0.497 e. The minimum atomic E-state index is -0.449. The standard InChI is InChI=1S/C16H25NO2/c1-12(13-5-3-4-6-13)17-11-16(18)14-7-9-15(19-2)10-8-14/h7-10,12-13,16-18H,3-6,11H2,1-2H3/t12-,16?/m0/s1. The monoisotopic (exact) mass is 263 g/mol. The Balaban J connectivity index is 1.80. The Bertz CT molecular complexity index is 371.